The average Bonchev–Trinajstić information content (AvgIpc) is 2.92. The number of amides is 1. The van der Waals surface area contributed by atoms with Gasteiger partial charge in [0.05, 0.1) is 11.9 Å². The van der Waals surface area contributed by atoms with Gasteiger partial charge in [0, 0.05) is 32.4 Å². The number of carbonyl (C=O) groups excluding carboxylic acids is 1. The lowest BCUT2D eigenvalue weighted by atomic mass is 10.1. The molecule has 0 radical (unpaired) electrons. The van der Waals surface area contributed by atoms with E-state index in [4.69, 9.17) is 11.5 Å². The van der Waals surface area contributed by atoms with Crippen LogP contribution in [0.3, 0.4) is 0 Å². The van der Waals surface area contributed by atoms with Crippen molar-refractivity contribution in [1.29, 1.82) is 0 Å². The van der Waals surface area contributed by atoms with E-state index in [1.165, 1.54) is 0 Å². The number of aromatic nitrogens is 5. The van der Waals surface area contributed by atoms with Gasteiger partial charge in [-0.25, -0.2) is 0 Å². The van der Waals surface area contributed by atoms with Crippen molar-refractivity contribution in [3.8, 4) is 0 Å². The maximum Gasteiger partial charge on any atom is 0.273 e. The summed E-state index contributed by atoms with van der Waals surface area (Å²) >= 11 is 0. The number of nitrogens with one attached hydrogen (secondary N) is 1. The summed E-state index contributed by atoms with van der Waals surface area (Å²) in [5.41, 5.74) is 12.0. The topological polar surface area (TPSA) is 141 Å². The highest BCUT2D eigenvalue weighted by Gasteiger charge is 2.22. The van der Waals surface area contributed by atoms with Crippen LogP contribution in [0.2, 0.25) is 0 Å². The molecule has 122 valence electrons. The van der Waals surface area contributed by atoms with E-state index in [-0.39, 0.29) is 17.6 Å². The van der Waals surface area contributed by atoms with Gasteiger partial charge in [-0.2, -0.15) is 10.1 Å². The molecule has 0 aliphatic carbocycles. The van der Waals surface area contributed by atoms with Crippen molar-refractivity contribution in [2.45, 2.75) is 18.9 Å². The standard InChI is InChI=1S/C13H19N9O/c1-21-7-9(5-16-21)17-12-10(11(15)23)19-20-13(18-12)22-4-2-3-8(14)6-22/h5,7-8H,2-4,6,14H2,1H3,(H2,15,23)(H,17,18,20)/t8-/m1/s1. The Bertz CT molecular complexity index is 713. The van der Waals surface area contributed by atoms with Gasteiger partial charge in [0.2, 0.25) is 5.95 Å². The molecular weight excluding hydrogens is 298 g/mol. The highest BCUT2D eigenvalue weighted by molar-refractivity contribution is 5.96. The molecule has 1 fully saturated rings. The number of nitrogens with two attached hydrogens (primary N) is 2. The van der Waals surface area contributed by atoms with Crippen LogP contribution in [0, 0.1) is 0 Å². The second kappa shape index (κ2) is 6.16. The van der Waals surface area contributed by atoms with E-state index in [1.54, 1.807) is 24.1 Å². The fraction of sp³-hybridized carbons (Fsp3) is 0.462. The number of primary amides is 1. The van der Waals surface area contributed by atoms with Gasteiger partial charge in [0.1, 0.15) is 0 Å². The minimum Gasteiger partial charge on any atom is -0.364 e. The van der Waals surface area contributed by atoms with Gasteiger partial charge in [0.15, 0.2) is 11.5 Å². The number of aryl methyl sites for hydroxylation is 1. The summed E-state index contributed by atoms with van der Waals surface area (Å²) in [7, 11) is 1.79. The van der Waals surface area contributed by atoms with Gasteiger partial charge in [-0.15, -0.1) is 10.2 Å². The lowest BCUT2D eigenvalue weighted by Crippen LogP contribution is -2.43. The average molecular weight is 317 g/mol. The van der Waals surface area contributed by atoms with Crippen LogP contribution in [-0.2, 0) is 7.05 Å². The van der Waals surface area contributed by atoms with Gasteiger partial charge in [-0.05, 0) is 12.8 Å². The molecule has 1 aliphatic rings. The molecule has 10 heteroatoms. The van der Waals surface area contributed by atoms with Crippen LogP contribution in [0.1, 0.15) is 23.3 Å². The molecule has 2 aromatic heterocycles. The molecule has 2 aromatic rings. The summed E-state index contributed by atoms with van der Waals surface area (Å²) < 4.78 is 1.63. The fourth-order valence-electron chi connectivity index (χ4n) is 2.52. The number of anilines is 3. The van der Waals surface area contributed by atoms with E-state index in [0.717, 1.165) is 19.4 Å². The van der Waals surface area contributed by atoms with E-state index in [1.807, 2.05) is 4.90 Å². The molecule has 0 spiro atoms. The predicted octanol–water partition coefficient (Wildman–Crippen LogP) is -0.625. The zero-order valence-corrected chi connectivity index (χ0v) is 12.8. The van der Waals surface area contributed by atoms with Gasteiger partial charge in [-0.1, -0.05) is 0 Å². The number of piperidine rings is 1. The lowest BCUT2D eigenvalue weighted by molar-refractivity contribution is 0.0995. The van der Waals surface area contributed by atoms with Gasteiger partial charge in [-0.3, -0.25) is 9.48 Å². The molecular formula is C13H19N9O. The summed E-state index contributed by atoms with van der Waals surface area (Å²) in [5.74, 6) is -0.00975. The second-order valence-electron chi connectivity index (χ2n) is 5.55. The van der Waals surface area contributed by atoms with Crippen LogP contribution in [0.15, 0.2) is 12.4 Å². The maximum atomic E-state index is 11.5. The smallest absolute Gasteiger partial charge is 0.273 e. The van der Waals surface area contributed by atoms with Gasteiger partial charge < -0.3 is 21.7 Å². The van der Waals surface area contributed by atoms with Crippen LogP contribution in [0.25, 0.3) is 0 Å². The van der Waals surface area contributed by atoms with Crippen molar-refractivity contribution in [1.82, 2.24) is 25.0 Å². The molecule has 0 aromatic carbocycles. The lowest BCUT2D eigenvalue weighted by Gasteiger charge is -2.30. The number of hydrogen-bond acceptors (Lipinski definition) is 8. The van der Waals surface area contributed by atoms with Crippen molar-refractivity contribution < 1.29 is 4.79 Å². The highest BCUT2D eigenvalue weighted by Crippen LogP contribution is 2.20. The summed E-state index contributed by atoms with van der Waals surface area (Å²) in [5, 5.41) is 15.0. The zero-order valence-electron chi connectivity index (χ0n) is 12.8. The van der Waals surface area contributed by atoms with Crippen molar-refractivity contribution >= 4 is 23.4 Å². The van der Waals surface area contributed by atoms with Crippen molar-refractivity contribution in [2.75, 3.05) is 23.3 Å². The minimum absolute atomic E-state index is 0.0149. The van der Waals surface area contributed by atoms with Crippen molar-refractivity contribution in [2.24, 2.45) is 18.5 Å². The van der Waals surface area contributed by atoms with Crippen molar-refractivity contribution in [3.63, 3.8) is 0 Å². The van der Waals surface area contributed by atoms with Gasteiger partial charge in [0.25, 0.3) is 5.91 Å². The molecule has 10 nitrogen and oxygen atoms in total. The fourth-order valence-corrected chi connectivity index (χ4v) is 2.52. The Labute approximate surface area is 132 Å². The molecule has 5 N–H and O–H groups in total. The van der Waals surface area contributed by atoms with E-state index >= 15 is 0 Å². The third kappa shape index (κ3) is 3.37. The first kappa shape index (κ1) is 15.2. The third-order valence-corrected chi connectivity index (χ3v) is 3.62. The molecule has 0 unspecified atom stereocenters. The highest BCUT2D eigenvalue weighted by atomic mass is 16.1. The first-order valence-electron chi connectivity index (χ1n) is 7.33. The summed E-state index contributed by atoms with van der Waals surface area (Å²) in [6.45, 7) is 1.46. The quantitative estimate of drug-likeness (QED) is 0.677. The Morgan fingerprint density at radius 2 is 2.26 bits per heavy atom. The minimum atomic E-state index is -0.696. The molecule has 3 heterocycles. The third-order valence-electron chi connectivity index (χ3n) is 3.62. The van der Waals surface area contributed by atoms with Crippen LogP contribution in [0.4, 0.5) is 17.5 Å². The Morgan fingerprint density at radius 1 is 1.43 bits per heavy atom. The molecule has 0 bridgehead atoms. The zero-order chi connectivity index (χ0) is 16.4. The van der Waals surface area contributed by atoms with E-state index in [0.29, 0.717) is 18.2 Å². The van der Waals surface area contributed by atoms with Crippen LogP contribution in [0.5, 0.6) is 0 Å². The second-order valence-corrected chi connectivity index (χ2v) is 5.55. The Balaban J connectivity index is 1.91. The Morgan fingerprint density at radius 3 is 2.91 bits per heavy atom. The van der Waals surface area contributed by atoms with Crippen molar-refractivity contribution in [3.05, 3.63) is 18.1 Å². The van der Waals surface area contributed by atoms with Crippen LogP contribution in [-0.4, -0.2) is 50.0 Å². The Kier molecular flexibility index (Phi) is 4.06. The van der Waals surface area contributed by atoms with Gasteiger partial charge >= 0.3 is 0 Å². The number of rotatable bonds is 4. The van der Waals surface area contributed by atoms with E-state index < -0.39 is 5.91 Å². The Hall–Kier alpha value is -2.75. The van der Waals surface area contributed by atoms with Crippen LogP contribution < -0.4 is 21.7 Å². The number of carbonyl (C=O) groups is 1. The number of hydrogen-bond donors (Lipinski definition) is 3. The molecule has 1 aliphatic heterocycles. The molecule has 0 saturated carbocycles. The number of nitrogens with zero attached hydrogens (tertiary/aromatic N) is 6. The summed E-state index contributed by atoms with van der Waals surface area (Å²) in [4.78, 5) is 17.9. The van der Waals surface area contributed by atoms with E-state index in [2.05, 4.69) is 25.6 Å². The van der Waals surface area contributed by atoms with E-state index in [9.17, 15) is 4.79 Å². The molecule has 23 heavy (non-hydrogen) atoms. The normalized spacial score (nSPS) is 18.0. The molecule has 3 rings (SSSR count). The first-order chi connectivity index (χ1) is 11.0. The largest absolute Gasteiger partial charge is 0.364 e. The molecule has 1 amide bonds. The molecule has 1 atom stereocenters. The first-order valence-corrected chi connectivity index (χ1v) is 7.33. The monoisotopic (exact) mass is 317 g/mol. The molecule has 1 saturated heterocycles. The summed E-state index contributed by atoms with van der Waals surface area (Å²) in [6, 6.07) is 0.0814. The van der Waals surface area contributed by atoms with Crippen LogP contribution >= 0.6 is 0 Å². The summed E-state index contributed by atoms with van der Waals surface area (Å²) in [6.07, 6.45) is 5.31. The SMILES string of the molecule is Cn1cc(Nc2nc(N3CCC[C@@H](N)C3)nnc2C(N)=O)cn1. The maximum absolute atomic E-state index is 11.5. The predicted molar refractivity (Wildman–Crippen MR) is 84.3 cm³/mol.